The molecular weight excluding hydrogens is 901 g/mol. The minimum Gasteiger partial charge on any atom is -0.455 e. The molecule has 0 aliphatic carbocycles. The normalized spacial score (nSPS) is 11.7. The molecule has 0 amide bonds. The first-order valence-electron chi connectivity index (χ1n) is 24.7. The Hall–Kier alpha value is -9.90. The summed E-state index contributed by atoms with van der Waals surface area (Å²) >= 11 is 0. The molecule has 0 saturated heterocycles. The van der Waals surface area contributed by atoms with Gasteiger partial charge in [0, 0.05) is 61.8 Å². The van der Waals surface area contributed by atoms with Gasteiger partial charge in [-0.3, -0.25) is 0 Å². The highest BCUT2D eigenvalue weighted by molar-refractivity contribution is 6.10. The summed E-state index contributed by atoms with van der Waals surface area (Å²) in [4.78, 5) is 4.46. The molecule has 0 unspecified atom stereocenters. The molecule has 1 aliphatic heterocycles. The summed E-state index contributed by atoms with van der Waals surface area (Å²) in [7, 11) is 0. The molecule has 0 saturated carbocycles. The van der Waals surface area contributed by atoms with Crippen LogP contribution in [0.15, 0.2) is 302 Å². The third-order valence-corrected chi connectivity index (χ3v) is 13.9. The van der Waals surface area contributed by atoms with Gasteiger partial charge in [0.2, 0.25) is 0 Å². The van der Waals surface area contributed by atoms with Gasteiger partial charge in [0.15, 0.2) is 5.75 Å². The van der Waals surface area contributed by atoms with Gasteiger partial charge in [0.05, 0.1) is 5.69 Å². The Morgan fingerprint density at radius 2 is 1.00 bits per heavy atom. The van der Waals surface area contributed by atoms with Crippen LogP contribution in [0, 0.1) is 0 Å². The predicted molar refractivity (Wildman–Crippen MR) is 312 cm³/mol. The summed E-state index contributed by atoms with van der Waals surface area (Å²) in [6.07, 6.45) is 9.42. The van der Waals surface area contributed by atoms with Crippen molar-refractivity contribution in [2.24, 2.45) is 0 Å². The van der Waals surface area contributed by atoms with Gasteiger partial charge in [-0.05, 0) is 117 Å². The number of fused-ring (bicyclic) bond motifs is 5. The van der Waals surface area contributed by atoms with Crippen molar-refractivity contribution in [1.82, 2.24) is 0 Å². The van der Waals surface area contributed by atoms with E-state index in [2.05, 4.69) is 236 Å². The van der Waals surface area contributed by atoms with E-state index in [9.17, 15) is 0 Å². The fraction of sp³-hybridized carbons (Fsp3) is 0. The molecule has 11 aromatic rings. The summed E-state index contributed by atoms with van der Waals surface area (Å²) in [6, 6.07) is 79.0. The number of hydrogen-bond donors (Lipinski definition) is 0. The van der Waals surface area contributed by atoms with E-state index in [0.29, 0.717) is 0 Å². The maximum atomic E-state index is 7.35. The smallest absolute Gasteiger partial charge is 0.159 e. The SMILES string of the molecule is C=C/C=C\C(=C)C(=C)/C=C\C(=C)N(c1ccc(-c2ccccc2)cc1)c1ccc2c(c1)Oc1c(N(c3ccc(-c4ccccc4)cc3)c3ccc(-c4cccc5c4oc4ccccc45)cc3)ccc3cccc-2c13. The lowest BCUT2D eigenvalue weighted by Crippen LogP contribution is -2.15. The number of allylic oxidation sites excluding steroid dienone is 7. The molecule has 0 atom stereocenters. The molecule has 10 aromatic carbocycles. The van der Waals surface area contributed by atoms with Crippen LogP contribution in [0.25, 0.3) is 77.2 Å². The lowest BCUT2D eigenvalue weighted by Gasteiger charge is -2.32. The molecule has 74 heavy (non-hydrogen) atoms. The highest BCUT2D eigenvalue weighted by atomic mass is 16.5. The van der Waals surface area contributed by atoms with Crippen molar-refractivity contribution in [2.45, 2.75) is 0 Å². The second-order valence-electron chi connectivity index (χ2n) is 18.4. The number of para-hydroxylation sites is 2. The summed E-state index contributed by atoms with van der Waals surface area (Å²) < 4.78 is 13.8. The zero-order valence-electron chi connectivity index (χ0n) is 40.8. The number of anilines is 5. The largest absolute Gasteiger partial charge is 0.455 e. The minimum absolute atomic E-state index is 0.735. The third kappa shape index (κ3) is 8.40. The van der Waals surface area contributed by atoms with Crippen molar-refractivity contribution < 1.29 is 9.15 Å². The first-order valence-corrected chi connectivity index (χ1v) is 24.7. The number of hydrogen-bond acceptors (Lipinski definition) is 4. The van der Waals surface area contributed by atoms with Crippen molar-refractivity contribution in [1.29, 1.82) is 0 Å². The third-order valence-electron chi connectivity index (χ3n) is 13.9. The Balaban J connectivity index is 0.971. The molecule has 0 N–H and O–H groups in total. The maximum absolute atomic E-state index is 7.35. The van der Waals surface area contributed by atoms with Gasteiger partial charge >= 0.3 is 0 Å². The van der Waals surface area contributed by atoms with E-state index >= 15 is 0 Å². The van der Waals surface area contributed by atoms with Crippen LogP contribution in [-0.4, -0.2) is 0 Å². The van der Waals surface area contributed by atoms with Crippen molar-refractivity contribution in [3.8, 4) is 56.0 Å². The van der Waals surface area contributed by atoms with E-state index in [1.807, 2.05) is 48.6 Å². The molecule has 1 aromatic heterocycles. The van der Waals surface area contributed by atoms with Gasteiger partial charge in [-0.25, -0.2) is 0 Å². The van der Waals surface area contributed by atoms with E-state index in [-0.39, 0.29) is 0 Å². The lowest BCUT2D eigenvalue weighted by atomic mass is 9.93. The first-order chi connectivity index (χ1) is 36.4. The number of rotatable bonds is 14. The van der Waals surface area contributed by atoms with Gasteiger partial charge in [-0.2, -0.15) is 0 Å². The van der Waals surface area contributed by atoms with E-state index < -0.39 is 0 Å². The van der Waals surface area contributed by atoms with Crippen LogP contribution in [0.3, 0.4) is 0 Å². The van der Waals surface area contributed by atoms with Crippen LogP contribution in [0.1, 0.15) is 0 Å². The van der Waals surface area contributed by atoms with Crippen LogP contribution >= 0.6 is 0 Å². The van der Waals surface area contributed by atoms with Crippen molar-refractivity contribution in [2.75, 3.05) is 9.80 Å². The summed E-state index contributed by atoms with van der Waals surface area (Å²) in [5, 5.41) is 4.35. The molecule has 0 radical (unpaired) electrons. The fourth-order valence-electron chi connectivity index (χ4n) is 10.1. The van der Waals surface area contributed by atoms with Crippen LogP contribution in [-0.2, 0) is 0 Å². The lowest BCUT2D eigenvalue weighted by molar-refractivity contribution is 0.488. The summed E-state index contributed by atoms with van der Waals surface area (Å²) in [6.45, 7) is 16.9. The molecule has 12 rings (SSSR count). The van der Waals surface area contributed by atoms with E-state index in [4.69, 9.17) is 9.15 Å². The van der Waals surface area contributed by atoms with Gasteiger partial charge in [0.25, 0.3) is 0 Å². The molecule has 0 bridgehead atoms. The minimum atomic E-state index is 0.735. The highest BCUT2D eigenvalue weighted by Gasteiger charge is 2.28. The highest BCUT2D eigenvalue weighted by Crippen LogP contribution is 2.54. The second-order valence-corrected chi connectivity index (χ2v) is 18.4. The van der Waals surface area contributed by atoms with Crippen LogP contribution in [0.2, 0.25) is 0 Å². The maximum Gasteiger partial charge on any atom is 0.159 e. The average Bonchev–Trinajstić information content (AvgIpc) is 3.86. The predicted octanol–water partition coefficient (Wildman–Crippen LogP) is 20.0. The Morgan fingerprint density at radius 1 is 0.432 bits per heavy atom. The summed E-state index contributed by atoms with van der Waals surface area (Å²) in [5.41, 5.74) is 17.5. The molecule has 0 spiro atoms. The van der Waals surface area contributed by atoms with Crippen LogP contribution in [0.5, 0.6) is 11.5 Å². The molecular formula is C70H50N2O2. The zero-order chi connectivity index (χ0) is 50.1. The van der Waals surface area contributed by atoms with Gasteiger partial charge in [-0.1, -0.05) is 208 Å². The number of furan rings is 1. The number of nitrogens with zero attached hydrogens (tertiary/aromatic N) is 2. The topological polar surface area (TPSA) is 28.9 Å². The average molecular weight is 951 g/mol. The zero-order valence-corrected chi connectivity index (χ0v) is 40.8. The second kappa shape index (κ2) is 19.4. The van der Waals surface area contributed by atoms with Gasteiger partial charge < -0.3 is 19.0 Å². The standard InChI is InChI=1S/C70H50N2O2/c1-5-6-17-47(2)48(3)28-29-49(4)71(56-37-30-52(31-38-56)50-18-9-7-10-19-50)59-43-44-62-63-25-15-22-55-36-45-65(70(68(55)63)74-67(62)46-59)72(57-39-32-53(33-40-57)51-20-11-8-12-21-51)58-41-34-54(35-42-58)60-24-16-26-64-61-23-13-14-27-66(61)73-69(60)64/h5-46H,1-4H2/b17-6-,29-28-. The molecule has 4 heteroatoms. The Kier molecular flexibility index (Phi) is 11.8. The van der Waals surface area contributed by atoms with Crippen molar-refractivity contribution in [3.05, 3.63) is 298 Å². The van der Waals surface area contributed by atoms with E-state index in [0.717, 1.165) is 134 Å². The molecule has 352 valence electrons. The monoisotopic (exact) mass is 950 g/mol. The fourth-order valence-corrected chi connectivity index (χ4v) is 10.1. The molecule has 4 nitrogen and oxygen atoms in total. The van der Waals surface area contributed by atoms with E-state index in [1.54, 1.807) is 6.08 Å². The quantitative estimate of drug-likeness (QED) is 0.102. The van der Waals surface area contributed by atoms with Gasteiger partial charge in [-0.15, -0.1) is 0 Å². The summed E-state index contributed by atoms with van der Waals surface area (Å²) in [5.74, 6) is 1.50. The van der Waals surface area contributed by atoms with Crippen LogP contribution in [0.4, 0.5) is 28.4 Å². The van der Waals surface area contributed by atoms with E-state index in [1.165, 1.54) is 0 Å². The Bertz CT molecular complexity index is 4030. The van der Waals surface area contributed by atoms with Crippen molar-refractivity contribution >= 4 is 61.1 Å². The number of benzene rings is 10. The molecule has 0 fully saturated rings. The molecule has 2 heterocycles. The first kappa shape index (κ1) is 45.3. The van der Waals surface area contributed by atoms with Crippen LogP contribution < -0.4 is 14.5 Å². The Morgan fingerprint density at radius 3 is 1.69 bits per heavy atom. The number of ether oxygens (including phenoxy) is 1. The van der Waals surface area contributed by atoms with Crippen molar-refractivity contribution in [3.63, 3.8) is 0 Å². The molecule has 1 aliphatic rings. The Labute approximate surface area is 432 Å². The van der Waals surface area contributed by atoms with Gasteiger partial charge in [0.1, 0.15) is 16.9 Å².